The first-order valence-electron chi connectivity index (χ1n) is 23.2. The van der Waals surface area contributed by atoms with E-state index < -0.39 is 27.6 Å². The van der Waals surface area contributed by atoms with Crippen LogP contribution < -0.4 is 5.32 Å². The molecule has 1 heterocycles. The van der Waals surface area contributed by atoms with Crippen molar-refractivity contribution in [3.05, 3.63) is 70.5 Å². The molecule has 1 saturated heterocycles. The molecule has 2 aromatic rings. The van der Waals surface area contributed by atoms with Crippen molar-refractivity contribution in [3.8, 4) is 0 Å². The van der Waals surface area contributed by atoms with Gasteiger partial charge in [0, 0.05) is 93.7 Å². The Balaban J connectivity index is 1.42. The zero-order valence-corrected chi connectivity index (χ0v) is 42.5. The molecule has 2 aromatic carbocycles. The highest BCUT2D eigenvalue weighted by molar-refractivity contribution is 7.84. The van der Waals surface area contributed by atoms with Gasteiger partial charge in [-0.1, -0.05) is 18.2 Å². The molecule has 16 heteroatoms. The van der Waals surface area contributed by atoms with Crippen LogP contribution >= 0.6 is 0 Å². The van der Waals surface area contributed by atoms with Gasteiger partial charge in [-0.05, 0) is 139 Å². The van der Waals surface area contributed by atoms with Gasteiger partial charge in [0.25, 0.3) is 0 Å². The summed E-state index contributed by atoms with van der Waals surface area (Å²) in [5.74, 6) is -1.79. The number of esters is 3. The highest BCUT2D eigenvalue weighted by Crippen LogP contribution is 2.44. The highest BCUT2D eigenvalue weighted by atomic mass is 32.2. The number of halogens is 1. The number of allylic oxidation sites excluding steroid dienone is 3. The summed E-state index contributed by atoms with van der Waals surface area (Å²) in [4.78, 5) is 74.7. The molecule has 1 unspecified atom stereocenters. The van der Waals surface area contributed by atoms with Gasteiger partial charge in [-0.15, -0.1) is 0 Å². The van der Waals surface area contributed by atoms with E-state index in [1.54, 1.807) is 12.3 Å². The van der Waals surface area contributed by atoms with Crippen molar-refractivity contribution in [2.75, 3.05) is 91.3 Å². The Morgan fingerprint density at radius 1 is 0.657 bits per heavy atom. The Morgan fingerprint density at radius 2 is 1.09 bits per heavy atom. The van der Waals surface area contributed by atoms with E-state index in [1.807, 2.05) is 119 Å². The van der Waals surface area contributed by atoms with E-state index in [2.05, 4.69) is 5.32 Å². The minimum Gasteiger partial charge on any atom is -0.459 e. The lowest BCUT2D eigenvalue weighted by molar-refractivity contribution is -0.158. The van der Waals surface area contributed by atoms with Gasteiger partial charge in [0.2, 0.25) is 5.91 Å². The number of Topliss-reactive ketones (excluding diaryl/α,β-unsaturated/α-hetero) is 1. The molecule has 1 aliphatic heterocycles. The maximum atomic E-state index is 14.6. The minimum atomic E-state index is -1.10. The summed E-state index contributed by atoms with van der Waals surface area (Å²) in [5.41, 5.74) is 2.99. The van der Waals surface area contributed by atoms with Crippen LogP contribution in [-0.2, 0) is 49.0 Å². The molecule has 1 amide bonds. The van der Waals surface area contributed by atoms with Crippen molar-refractivity contribution >= 4 is 57.6 Å². The van der Waals surface area contributed by atoms with Crippen LogP contribution in [0.4, 0.5) is 4.39 Å². The fourth-order valence-corrected chi connectivity index (χ4v) is 8.36. The lowest BCUT2D eigenvalue weighted by Crippen LogP contribution is -2.50. The molecule has 0 radical (unpaired) electrons. The molecule has 1 N–H and O–H groups in total. The van der Waals surface area contributed by atoms with Gasteiger partial charge >= 0.3 is 17.9 Å². The second-order valence-corrected chi connectivity index (χ2v) is 21.8. The van der Waals surface area contributed by atoms with E-state index in [1.165, 1.54) is 12.1 Å². The summed E-state index contributed by atoms with van der Waals surface area (Å²) in [6.45, 7) is 22.0. The predicted octanol–water partition coefficient (Wildman–Crippen LogP) is 5.99. The molecular formula is C51H74FN5O9S. The van der Waals surface area contributed by atoms with Crippen LogP contribution in [0.2, 0.25) is 0 Å². The second-order valence-electron chi connectivity index (χ2n) is 20.4. The van der Waals surface area contributed by atoms with Crippen molar-refractivity contribution in [2.24, 2.45) is 0 Å². The third kappa shape index (κ3) is 19.9. The molecule has 1 aliphatic carbocycles. The van der Waals surface area contributed by atoms with Crippen LogP contribution in [0, 0.1) is 5.82 Å². The van der Waals surface area contributed by atoms with Crippen molar-refractivity contribution in [1.82, 2.24) is 24.9 Å². The minimum absolute atomic E-state index is 0.0157. The number of nitrogens with one attached hydrogen (secondary N) is 1. The van der Waals surface area contributed by atoms with E-state index >= 15 is 0 Å². The molecule has 0 saturated carbocycles. The number of rotatable bonds is 16. The largest absolute Gasteiger partial charge is 0.459 e. The molecule has 0 aromatic heterocycles. The zero-order valence-electron chi connectivity index (χ0n) is 41.7. The first-order valence-corrected chi connectivity index (χ1v) is 24.8. The fraction of sp³-hybridized carbons (Fsp3) is 0.588. The van der Waals surface area contributed by atoms with Crippen molar-refractivity contribution < 1.29 is 46.8 Å². The molecule has 1 fully saturated rings. The first-order chi connectivity index (χ1) is 31.2. The van der Waals surface area contributed by atoms with Gasteiger partial charge in [0.05, 0.1) is 26.2 Å². The van der Waals surface area contributed by atoms with Gasteiger partial charge in [0.1, 0.15) is 28.4 Å². The standard InChI is InChI=1S/C51H74FN5O9S/c1-36-42(29-37-14-17-40(18-15-37)67(11)63)41-19-16-38(52)30-44(41)43(36)31-39(58)13-12-20-53-45(59)32-54-21-23-55(33-46(60)64-49(2,3)4)25-27-57(35-48(62)66-51(8,9)10)28-26-56(24-22-54)34-47(61)65-50(5,6)7/h14-19,29-30H,12-13,20-28,31-35H2,1-11H3,(H,53,59)/b42-29-. The van der Waals surface area contributed by atoms with Crippen LogP contribution in [0.15, 0.2) is 52.9 Å². The topological polar surface area (TPSA) is 155 Å². The monoisotopic (exact) mass is 952 g/mol. The molecule has 14 nitrogen and oxygen atoms in total. The normalized spacial score (nSPS) is 17.6. The SMILES string of the molecule is CC1=C(CC(=O)CCCNC(=O)CN2CCN(CC(=O)OC(C)(C)C)CCN(CC(=O)OC(C)(C)C)CCN(CC(=O)OC(C)(C)C)CC2)c2cc(F)ccc2/C1=C\c1ccc(S(C)=O)cc1. The Hall–Kier alpha value is -4.61. The Morgan fingerprint density at radius 3 is 1.51 bits per heavy atom. The summed E-state index contributed by atoms with van der Waals surface area (Å²) in [5, 5.41) is 2.97. The van der Waals surface area contributed by atoms with Crippen LogP contribution in [0.25, 0.3) is 17.2 Å². The summed E-state index contributed by atoms with van der Waals surface area (Å²) in [6.07, 6.45) is 4.37. The molecule has 4 rings (SSSR count). The first kappa shape index (κ1) is 55.0. The number of fused-ring (bicyclic) bond motifs is 1. The van der Waals surface area contributed by atoms with Gasteiger partial charge in [-0.2, -0.15) is 0 Å². The fourth-order valence-electron chi connectivity index (χ4n) is 7.84. The van der Waals surface area contributed by atoms with Crippen molar-refractivity contribution in [2.45, 2.75) is 110 Å². The van der Waals surface area contributed by atoms with Gasteiger partial charge in [-0.25, -0.2) is 4.39 Å². The quantitative estimate of drug-likeness (QED) is 0.119. The van der Waals surface area contributed by atoms with E-state index in [4.69, 9.17) is 14.2 Å². The molecule has 67 heavy (non-hydrogen) atoms. The van der Waals surface area contributed by atoms with Crippen molar-refractivity contribution in [1.29, 1.82) is 0 Å². The number of carbonyl (C=O) groups excluding carboxylic acids is 5. The number of ether oxygens (including phenoxy) is 3. The van der Waals surface area contributed by atoms with Crippen LogP contribution in [0.5, 0.6) is 0 Å². The van der Waals surface area contributed by atoms with Crippen molar-refractivity contribution in [3.63, 3.8) is 0 Å². The van der Waals surface area contributed by atoms with Crippen LogP contribution in [-0.4, -0.2) is 162 Å². The lowest BCUT2D eigenvalue weighted by Gasteiger charge is -2.34. The number of nitrogens with zero attached hydrogens (tertiary/aromatic N) is 4. The van der Waals surface area contributed by atoms with Crippen LogP contribution in [0.1, 0.15) is 105 Å². The van der Waals surface area contributed by atoms with Crippen LogP contribution in [0.3, 0.4) is 0 Å². The average molecular weight is 952 g/mol. The van der Waals surface area contributed by atoms with E-state index in [-0.39, 0.29) is 81.0 Å². The Bertz CT molecular complexity index is 2110. The molecule has 370 valence electrons. The lowest BCUT2D eigenvalue weighted by atomic mass is 9.98. The molecule has 0 spiro atoms. The zero-order chi connectivity index (χ0) is 49.7. The maximum absolute atomic E-state index is 14.6. The average Bonchev–Trinajstić information content (AvgIpc) is 3.43. The van der Waals surface area contributed by atoms with Gasteiger partial charge in [0.15, 0.2) is 0 Å². The Labute approximate surface area is 400 Å². The highest BCUT2D eigenvalue weighted by Gasteiger charge is 2.28. The molecule has 0 bridgehead atoms. The van der Waals surface area contributed by atoms with E-state index in [0.717, 1.165) is 32.7 Å². The number of hydrogen-bond acceptors (Lipinski definition) is 13. The third-order valence-corrected chi connectivity index (χ3v) is 11.9. The summed E-state index contributed by atoms with van der Waals surface area (Å²) < 4.78 is 43.4. The number of carbonyl (C=O) groups is 5. The number of benzene rings is 2. The summed E-state index contributed by atoms with van der Waals surface area (Å²) >= 11 is 0. The van der Waals surface area contributed by atoms with E-state index in [9.17, 15) is 32.6 Å². The van der Waals surface area contributed by atoms with E-state index in [0.29, 0.717) is 64.3 Å². The third-order valence-electron chi connectivity index (χ3n) is 10.9. The molecule has 2 aliphatic rings. The number of amides is 1. The molecular weight excluding hydrogens is 878 g/mol. The van der Waals surface area contributed by atoms with Gasteiger partial charge < -0.3 is 19.5 Å². The summed E-state index contributed by atoms with van der Waals surface area (Å²) in [6, 6.07) is 12.1. The maximum Gasteiger partial charge on any atom is 0.320 e. The van der Waals surface area contributed by atoms with Gasteiger partial charge in [-0.3, -0.25) is 47.8 Å². The summed E-state index contributed by atoms with van der Waals surface area (Å²) in [7, 11) is -1.10. The molecule has 1 atom stereocenters. The number of ketones is 1. The predicted molar refractivity (Wildman–Crippen MR) is 261 cm³/mol. The number of hydrogen-bond donors (Lipinski definition) is 1. The Kier molecular flexibility index (Phi) is 20.2. The second kappa shape index (κ2) is 24.6. The smallest absolute Gasteiger partial charge is 0.320 e.